The van der Waals surface area contributed by atoms with Crippen LogP contribution < -0.4 is 20.1 Å². The number of carbonyl (C=O) groups excluding carboxylic acids is 3. The van der Waals surface area contributed by atoms with Gasteiger partial charge in [-0.1, -0.05) is 11.6 Å². The van der Waals surface area contributed by atoms with Crippen LogP contribution in [0.2, 0.25) is 5.02 Å². The second kappa shape index (κ2) is 13.0. The second-order valence-corrected chi connectivity index (χ2v) is 8.64. The number of methoxy groups -OCH3 is 1. The van der Waals surface area contributed by atoms with E-state index in [4.69, 9.17) is 25.8 Å². The molecule has 35 heavy (non-hydrogen) atoms. The summed E-state index contributed by atoms with van der Waals surface area (Å²) in [4.78, 5) is 36.5. The molecule has 1 aliphatic carbocycles. The summed E-state index contributed by atoms with van der Waals surface area (Å²) < 4.78 is 16.2. The first-order valence-electron chi connectivity index (χ1n) is 11.7. The Bertz CT molecular complexity index is 1020. The van der Waals surface area contributed by atoms with E-state index in [2.05, 4.69) is 10.6 Å². The quantitative estimate of drug-likeness (QED) is 0.376. The molecule has 8 nitrogen and oxygen atoms in total. The first-order chi connectivity index (χ1) is 16.9. The van der Waals surface area contributed by atoms with Crippen molar-refractivity contribution in [3.63, 3.8) is 0 Å². The topological polar surface area (TPSA) is 103 Å². The molecule has 0 aliphatic heterocycles. The summed E-state index contributed by atoms with van der Waals surface area (Å²) in [6.45, 7) is 2.76. The first kappa shape index (κ1) is 26.3. The van der Waals surface area contributed by atoms with Crippen LogP contribution in [0.15, 0.2) is 42.5 Å². The van der Waals surface area contributed by atoms with Gasteiger partial charge in [-0.05, 0) is 75.1 Å². The van der Waals surface area contributed by atoms with Gasteiger partial charge >= 0.3 is 5.97 Å². The van der Waals surface area contributed by atoms with Crippen molar-refractivity contribution in [3.05, 3.63) is 58.6 Å². The van der Waals surface area contributed by atoms with Crippen LogP contribution in [0, 0.1) is 5.92 Å². The number of benzene rings is 2. The van der Waals surface area contributed by atoms with Crippen molar-refractivity contribution >= 4 is 29.4 Å². The summed E-state index contributed by atoms with van der Waals surface area (Å²) in [5.74, 6) is 0.419. The van der Waals surface area contributed by atoms with E-state index in [-0.39, 0.29) is 42.9 Å². The normalized spacial score (nSPS) is 17.2. The van der Waals surface area contributed by atoms with E-state index in [9.17, 15) is 14.4 Å². The Morgan fingerprint density at radius 1 is 0.914 bits per heavy atom. The highest BCUT2D eigenvalue weighted by Gasteiger charge is 2.28. The third-order valence-electron chi connectivity index (χ3n) is 5.82. The van der Waals surface area contributed by atoms with E-state index in [0.29, 0.717) is 34.3 Å². The van der Waals surface area contributed by atoms with Crippen LogP contribution in [0.25, 0.3) is 0 Å². The van der Waals surface area contributed by atoms with Crippen molar-refractivity contribution in [2.45, 2.75) is 38.7 Å². The molecule has 2 aromatic carbocycles. The number of nitrogens with one attached hydrogen (secondary N) is 2. The van der Waals surface area contributed by atoms with Crippen LogP contribution in [-0.4, -0.2) is 50.7 Å². The minimum atomic E-state index is -0.285. The largest absolute Gasteiger partial charge is 0.495 e. The van der Waals surface area contributed by atoms with Gasteiger partial charge in [-0.25, -0.2) is 0 Å². The Morgan fingerprint density at radius 2 is 1.51 bits per heavy atom. The maximum atomic E-state index is 12.4. The highest BCUT2D eigenvalue weighted by molar-refractivity contribution is 6.32. The van der Waals surface area contributed by atoms with Gasteiger partial charge in [-0.3, -0.25) is 14.4 Å². The monoisotopic (exact) mass is 502 g/mol. The summed E-state index contributed by atoms with van der Waals surface area (Å²) in [6.07, 6.45) is 3.14. The van der Waals surface area contributed by atoms with Crippen molar-refractivity contribution in [1.82, 2.24) is 10.6 Å². The van der Waals surface area contributed by atoms with Crippen molar-refractivity contribution in [2.75, 3.05) is 26.8 Å². The fraction of sp³-hybridized carbons (Fsp3) is 0.423. The Morgan fingerprint density at radius 3 is 2.11 bits per heavy atom. The van der Waals surface area contributed by atoms with Gasteiger partial charge in [0.05, 0.1) is 30.8 Å². The number of carbonyl (C=O) groups is 3. The molecule has 0 bridgehead atoms. The van der Waals surface area contributed by atoms with Crippen molar-refractivity contribution in [3.8, 4) is 11.5 Å². The molecular weight excluding hydrogens is 472 g/mol. The van der Waals surface area contributed by atoms with Gasteiger partial charge < -0.3 is 24.8 Å². The van der Waals surface area contributed by atoms with Gasteiger partial charge in [0.15, 0.2) is 0 Å². The third kappa shape index (κ3) is 7.62. The Hall–Kier alpha value is -3.26. The molecule has 0 unspecified atom stereocenters. The number of rotatable bonds is 10. The van der Waals surface area contributed by atoms with Crippen molar-refractivity contribution in [2.24, 2.45) is 5.92 Å². The molecule has 0 heterocycles. The smallest absolute Gasteiger partial charge is 0.308 e. The van der Waals surface area contributed by atoms with Gasteiger partial charge in [0.2, 0.25) is 0 Å². The minimum Gasteiger partial charge on any atom is -0.495 e. The van der Waals surface area contributed by atoms with E-state index >= 15 is 0 Å². The standard InChI is InChI=1S/C26H31ClN2O6/c1-3-34-26(32)18-6-11-21(12-7-18)35-20-9-4-17(5-10-20)24(30)28-14-15-29-25(31)19-8-13-22(27)23(16-19)33-2/h4-5,8-10,13,16,18,21H,3,6-7,11-12,14-15H2,1-2H3,(H,28,30)(H,29,31). The predicted molar refractivity (Wildman–Crippen MR) is 132 cm³/mol. The fourth-order valence-electron chi connectivity index (χ4n) is 3.91. The van der Waals surface area contributed by atoms with Crippen LogP contribution in [-0.2, 0) is 9.53 Å². The van der Waals surface area contributed by atoms with E-state index in [0.717, 1.165) is 25.7 Å². The minimum absolute atomic E-state index is 0.0420. The maximum Gasteiger partial charge on any atom is 0.308 e. The predicted octanol–water partition coefficient (Wildman–Crippen LogP) is 4.01. The summed E-state index contributed by atoms with van der Waals surface area (Å²) in [5.41, 5.74) is 0.916. The average molecular weight is 503 g/mol. The number of amides is 2. The van der Waals surface area contributed by atoms with Gasteiger partial charge in [0.25, 0.3) is 11.8 Å². The molecule has 9 heteroatoms. The number of ether oxygens (including phenoxy) is 3. The van der Waals surface area contributed by atoms with Crippen LogP contribution in [0.5, 0.6) is 11.5 Å². The SMILES string of the molecule is CCOC(=O)C1CCC(Oc2ccc(C(=O)NCCNC(=O)c3ccc(Cl)c(OC)c3)cc2)CC1. The fourth-order valence-corrected chi connectivity index (χ4v) is 4.11. The lowest BCUT2D eigenvalue weighted by atomic mass is 9.87. The summed E-state index contributed by atoms with van der Waals surface area (Å²) >= 11 is 5.98. The number of halogens is 1. The molecule has 0 radical (unpaired) electrons. The Labute approximate surface area is 210 Å². The van der Waals surface area contributed by atoms with E-state index in [1.54, 1.807) is 42.5 Å². The van der Waals surface area contributed by atoms with Crippen molar-refractivity contribution < 1.29 is 28.6 Å². The molecule has 2 aromatic rings. The maximum absolute atomic E-state index is 12.4. The highest BCUT2D eigenvalue weighted by Crippen LogP contribution is 2.29. The van der Waals surface area contributed by atoms with Gasteiger partial charge in [0.1, 0.15) is 11.5 Å². The summed E-state index contributed by atoms with van der Waals surface area (Å²) in [7, 11) is 1.48. The molecule has 1 saturated carbocycles. The lowest BCUT2D eigenvalue weighted by molar-refractivity contribution is -0.149. The summed E-state index contributed by atoms with van der Waals surface area (Å²) in [5, 5.41) is 5.95. The zero-order valence-electron chi connectivity index (χ0n) is 20.0. The molecule has 2 amide bonds. The summed E-state index contributed by atoms with van der Waals surface area (Å²) in [6, 6.07) is 11.7. The van der Waals surface area contributed by atoms with Crippen LogP contribution in [0.1, 0.15) is 53.3 Å². The van der Waals surface area contributed by atoms with E-state index < -0.39 is 0 Å². The van der Waals surface area contributed by atoms with Gasteiger partial charge in [0, 0.05) is 24.2 Å². The molecule has 188 valence electrons. The molecule has 1 aliphatic rings. The molecule has 0 saturated heterocycles. The Balaban J connectivity index is 1.38. The van der Waals surface area contributed by atoms with Crippen molar-refractivity contribution in [1.29, 1.82) is 0 Å². The lowest BCUT2D eigenvalue weighted by Crippen LogP contribution is -2.34. The van der Waals surface area contributed by atoms with Crippen LogP contribution in [0.4, 0.5) is 0 Å². The molecule has 2 N–H and O–H groups in total. The number of hydrogen-bond donors (Lipinski definition) is 2. The lowest BCUT2D eigenvalue weighted by Gasteiger charge is -2.27. The molecule has 0 atom stereocenters. The van der Waals surface area contributed by atoms with Gasteiger partial charge in [-0.2, -0.15) is 0 Å². The second-order valence-electron chi connectivity index (χ2n) is 8.23. The number of hydrogen-bond acceptors (Lipinski definition) is 6. The van der Waals surface area contributed by atoms with Crippen LogP contribution >= 0.6 is 11.6 Å². The van der Waals surface area contributed by atoms with E-state index in [1.165, 1.54) is 7.11 Å². The molecule has 0 spiro atoms. The van der Waals surface area contributed by atoms with E-state index in [1.807, 2.05) is 6.92 Å². The number of esters is 1. The van der Waals surface area contributed by atoms with Gasteiger partial charge in [-0.15, -0.1) is 0 Å². The molecular formula is C26H31ClN2O6. The average Bonchev–Trinajstić information content (AvgIpc) is 2.87. The molecule has 1 fully saturated rings. The third-order valence-corrected chi connectivity index (χ3v) is 6.14. The molecule has 3 rings (SSSR count). The van der Waals surface area contributed by atoms with Crippen LogP contribution in [0.3, 0.4) is 0 Å². The Kier molecular flexibility index (Phi) is 9.78. The first-order valence-corrected chi connectivity index (χ1v) is 12.1. The highest BCUT2D eigenvalue weighted by atomic mass is 35.5. The molecule has 0 aromatic heterocycles. The zero-order chi connectivity index (χ0) is 25.2. The zero-order valence-corrected chi connectivity index (χ0v) is 20.7.